The fourth-order valence-corrected chi connectivity index (χ4v) is 3.28. The number of carbonyl (C=O) groups excluding carboxylic acids is 1. The van der Waals surface area contributed by atoms with E-state index in [0.29, 0.717) is 20.9 Å². The van der Waals surface area contributed by atoms with E-state index in [4.69, 9.17) is 27.9 Å². The van der Waals surface area contributed by atoms with Crippen molar-refractivity contribution in [2.45, 2.75) is 6.42 Å². The Balaban J connectivity index is 1.52. The number of rotatable bonds is 6. The van der Waals surface area contributed by atoms with Crippen molar-refractivity contribution < 1.29 is 9.53 Å². The fourth-order valence-electron chi connectivity index (χ4n) is 2.11. The minimum atomic E-state index is -0.271. The third kappa shape index (κ3) is 5.46. The van der Waals surface area contributed by atoms with Gasteiger partial charge in [-0.05, 0) is 35.9 Å². The molecule has 0 saturated heterocycles. The Bertz CT molecular complexity index is 866. The highest BCUT2D eigenvalue weighted by Crippen LogP contribution is 2.22. The highest BCUT2D eigenvalue weighted by molar-refractivity contribution is 7.15. The predicted octanol–water partition coefficient (Wildman–Crippen LogP) is 5.06. The maximum absolute atomic E-state index is 12.0. The SMILES string of the molecule is O=C(COc1cccc(Cl)c1)Nc1ncc(Cc2ccc(Cl)cc2)s1. The van der Waals surface area contributed by atoms with Gasteiger partial charge >= 0.3 is 0 Å². The zero-order chi connectivity index (χ0) is 17.6. The first-order valence-electron chi connectivity index (χ1n) is 7.46. The molecule has 0 aliphatic carbocycles. The molecule has 1 heterocycles. The summed E-state index contributed by atoms with van der Waals surface area (Å²) in [6.45, 7) is -0.105. The van der Waals surface area contributed by atoms with E-state index in [1.165, 1.54) is 11.3 Å². The lowest BCUT2D eigenvalue weighted by atomic mass is 10.1. The minimum absolute atomic E-state index is 0.105. The maximum Gasteiger partial charge on any atom is 0.264 e. The lowest BCUT2D eigenvalue weighted by Gasteiger charge is -2.05. The number of nitrogens with zero attached hydrogens (tertiary/aromatic N) is 1. The molecule has 0 atom stereocenters. The number of benzene rings is 2. The fraction of sp³-hybridized carbons (Fsp3) is 0.111. The highest BCUT2D eigenvalue weighted by atomic mass is 35.5. The zero-order valence-corrected chi connectivity index (χ0v) is 15.4. The summed E-state index contributed by atoms with van der Waals surface area (Å²) in [6.07, 6.45) is 2.50. The Morgan fingerprint density at radius 1 is 1.12 bits per heavy atom. The smallest absolute Gasteiger partial charge is 0.264 e. The summed E-state index contributed by atoms with van der Waals surface area (Å²) in [7, 11) is 0. The molecule has 2 aromatic carbocycles. The average Bonchev–Trinajstić information content (AvgIpc) is 3.02. The molecule has 1 N–H and O–H groups in total. The van der Waals surface area contributed by atoms with Crippen molar-refractivity contribution in [2.75, 3.05) is 11.9 Å². The molecule has 0 saturated carbocycles. The van der Waals surface area contributed by atoms with Crippen LogP contribution in [0.4, 0.5) is 5.13 Å². The van der Waals surface area contributed by atoms with Crippen LogP contribution in [0.5, 0.6) is 5.75 Å². The van der Waals surface area contributed by atoms with Crippen LogP contribution in [0.25, 0.3) is 0 Å². The zero-order valence-electron chi connectivity index (χ0n) is 13.0. The predicted molar refractivity (Wildman–Crippen MR) is 102 cm³/mol. The molecular weight excluding hydrogens is 379 g/mol. The van der Waals surface area contributed by atoms with Gasteiger partial charge in [-0.1, -0.05) is 41.4 Å². The van der Waals surface area contributed by atoms with Crippen LogP contribution in [0.2, 0.25) is 10.0 Å². The second-order valence-electron chi connectivity index (χ2n) is 5.23. The quantitative estimate of drug-likeness (QED) is 0.637. The van der Waals surface area contributed by atoms with Gasteiger partial charge in [0.1, 0.15) is 5.75 Å². The van der Waals surface area contributed by atoms with Crippen molar-refractivity contribution >= 4 is 45.6 Å². The Kier molecular flexibility index (Phi) is 5.91. The minimum Gasteiger partial charge on any atom is -0.484 e. The van der Waals surface area contributed by atoms with Gasteiger partial charge in [0.05, 0.1) is 0 Å². The van der Waals surface area contributed by atoms with Gasteiger partial charge in [0, 0.05) is 27.5 Å². The van der Waals surface area contributed by atoms with E-state index in [1.807, 2.05) is 24.3 Å². The topological polar surface area (TPSA) is 51.2 Å². The molecule has 25 heavy (non-hydrogen) atoms. The van der Waals surface area contributed by atoms with E-state index in [9.17, 15) is 4.79 Å². The summed E-state index contributed by atoms with van der Waals surface area (Å²) in [5.74, 6) is 0.276. The van der Waals surface area contributed by atoms with Gasteiger partial charge in [0.25, 0.3) is 5.91 Å². The second kappa shape index (κ2) is 8.34. The first-order valence-corrected chi connectivity index (χ1v) is 9.03. The van der Waals surface area contributed by atoms with Crippen LogP contribution < -0.4 is 10.1 Å². The lowest BCUT2D eigenvalue weighted by Crippen LogP contribution is -2.19. The van der Waals surface area contributed by atoms with Gasteiger partial charge < -0.3 is 4.74 Å². The lowest BCUT2D eigenvalue weighted by molar-refractivity contribution is -0.118. The van der Waals surface area contributed by atoms with Gasteiger partial charge in [-0.2, -0.15) is 0 Å². The van der Waals surface area contributed by atoms with E-state index in [0.717, 1.165) is 16.9 Å². The van der Waals surface area contributed by atoms with Crippen LogP contribution in [0, 0.1) is 0 Å². The van der Waals surface area contributed by atoms with E-state index in [2.05, 4.69) is 10.3 Å². The molecular formula is C18H14Cl2N2O2S. The molecule has 0 spiro atoms. The molecule has 1 amide bonds. The first-order chi connectivity index (χ1) is 12.1. The van der Waals surface area contributed by atoms with Crippen molar-refractivity contribution in [1.82, 2.24) is 4.98 Å². The first kappa shape index (κ1) is 17.7. The number of hydrogen-bond acceptors (Lipinski definition) is 4. The molecule has 1 aromatic heterocycles. The van der Waals surface area contributed by atoms with Crippen LogP contribution in [-0.4, -0.2) is 17.5 Å². The molecule has 4 nitrogen and oxygen atoms in total. The number of thiazole rings is 1. The number of ether oxygens (including phenoxy) is 1. The number of carbonyl (C=O) groups is 1. The molecule has 0 unspecified atom stereocenters. The molecule has 3 rings (SSSR count). The summed E-state index contributed by atoms with van der Waals surface area (Å²) in [5, 5.41) is 4.55. The van der Waals surface area contributed by atoms with Gasteiger partial charge in [0.15, 0.2) is 11.7 Å². The maximum atomic E-state index is 12.0. The Morgan fingerprint density at radius 2 is 1.92 bits per heavy atom. The van der Waals surface area contributed by atoms with Crippen LogP contribution in [0.1, 0.15) is 10.4 Å². The number of hydrogen-bond donors (Lipinski definition) is 1. The second-order valence-corrected chi connectivity index (χ2v) is 7.22. The van der Waals surface area contributed by atoms with Crippen molar-refractivity contribution in [1.29, 1.82) is 0 Å². The standard InChI is InChI=1S/C18H14Cl2N2O2S/c19-13-6-4-12(5-7-13)8-16-10-21-18(25-16)22-17(23)11-24-15-3-1-2-14(20)9-15/h1-7,9-10H,8,11H2,(H,21,22,23). The third-order valence-corrected chi connectivity index (χ3v) is 4.66. The monoisotopic (exact) mass is 392 g/mol. The van der Waals surface area contributed by atoms with Crippen molar-refractivity contribution in [3.8, 4) is 5.75 Å². The average molecular weight is 393 g/mol. The molecule has 0 radical (unpaired) electrons. The number of amides is 1. The molecule has 7 heteroatoms. The Morgan fingerprint density at radius 3 is 2.68 bits per heavy atom. The number of nitrogens with one attached hydrogen (secondary N) is 1. The molecule has 0 fully saturated rings. The normalized spacial score (nSPS) is 10.5. The van der Waals surface area contributed by atoms with Gasteiger partial charge in [-0.25, -0.2) is 4.98 Å². The molecule has 0 aliphatic heterocycles. The number of aromatic nitrogens is 1. The Labute approximate surface area is 159 Å². The van der Waals surface area contributed by atoms with E-state index >= 15 is 0 Å². The van der Waals surface area contributed by atoms with Gasteiger partial charge in [-0.3, -0.25) is 10.1 Å². The summed E-state index contributed by atoms with van der Waals surface area (Å²) in [4.78, 5) is 17.2. The summed E-state index contributed by atoms with van der Waals surface area (Å²) in [5.41, 5.74) is 1.13. The van der Waals surface area contributed by atoms with Crippen LogP contribution in [0.3, 0.4) is 0 Å². The van der Waals surface area contributed by atoms with Crippen molar-refractivity contribution in [3.63, 3.8) is 0 Å². The molecule has 3 aromatic rings. The Hall–Kier alpha value is -2.08. The summed E-state index contributed by atoms with van der Waals surface area (Å²) in [6, 6.07) is 14.6. The summed E-state index contributed by atoms with van der Waals surface area (Å²) < 4.78 is 5.40. The molecule has 0 bridgehead atoms. The highest BCUT2D eigenvalue weighted by Gasteiger charge is 2.08. The number of halogens is 2. The molecule has 128 valence electrons. The van der Waals surface area contributed by atoms with E-state index in [-0.39, 0.29) is 12.5 Å². The van der Waals surface area contributed by atoms with Crippen molar-refractivity contribution in [3.05, 3.63) is 75.2 Å². The largest absolute Gasteiger partial charge is 0.484 e. The van der Waals surface area contributed by atoms with Gasteiger partial charge in [-0.15, -0.1) is 11.3 Å². The van der Waals surface area contributed by atoms with Crippen LogP contribution in [-0.2, 0) is 11.2 Å². The van der Waals surface area contributed by atoms with E-state index < -0.39 is 0 Å². The number of anilines is 1. The van der Waals surface area contributed by atoms with Gasteiger partial charge in [0.2, 0.25) is 0 Å². The van der Waals surface area contributed by atoms with Crippen LogP contribution >= 0.6 is 34.5 Å². The molecule has 0 aliphatic rings. The van der Waals surface area contributed by atoms with Crippen molar-refractivity contribution in [2.24, 2.45) is 0 Å². The third-order valence-electron chi connectivity index (χ3n) is 3.26. The van der Waals surface area contributed by atoms with E-state index in [1.54, 1.807) is 30.5 Å². The van der Waals surface area contributed by atoms with Crippen LogP contribution in [0.15, 0.2) is 54.7 Å². The summed E-state index contributed by atoms with van der Waals surface area (Å²) >= 11 is 13.2.